The summed E-state index contributed by atoms with van der Waals surface area (Å²) >= 11 is 6.16. The van der Waals surface area contributed by atoms with E-state index in [4.69, 9.17) is 17.3 Å². The highest BCUT2D eigenvalue weighted by Gasteiger charge is 2.22. The van der Waals surface area contributed by atoms with E-state index in [9.17, 15) is 4.39 Å². The molecule has 106 valence electrons. The number of hydrogen-bond donors (Lipinski definition) is 1. The van der Waals surface area contributed by atoms with Gasteiger partial charge in [-0.15, -0.1) is 0 Å². The summed E-state index contributed by atoms with van der Waals surface area (Å²) in [6.45, 7) is 0. The number of hydrogen-bond acceptors (Lipinski definition) is 3. The van der Waals surface area contributed by atoms with Crippen molar-refractivity contribution in [2.45, 2.75) is 0 Å². The molecular weight excluding hydrogens is 291 g/mol. The number of pyridine rings is 1. The van der Waals surface area contributed by atoms with Gasteiger partial charge in [-0.2, -0.15) is 5.10 Å². The largest absolute Gasteiger partial charge is 0.383 e. The summed E-state index contributed by atoms with van der Waals surface area (Å²) in [6.07, 6.45) is 3.31. The topological polar surface area (TPSA) is 56.7 Å². The summed E-state index contributed by atoms with van der Waals surface area (Å²) in [5, 5.41) is 4.66. The van der Waals surface area contributed by atoms with Gasteiger partial charge in [0.25, 0.3) is 0 Å². The molecule has 0 spiro atoms. The molecule has 4 nitrogen and oxygen atoms in total. The molecule has 2 aromatic heterocycles. The van der Waals surface area contributed by atoms with Gasteiger partial charge in [-0.1, -0.05) is 17.7 Å². The Morgan fingerprint density at radius 2 is 2.00 bits per heavy atom. The predicted octanol–water partition coefficient (Wildman–Crippen LogP) is 3.52. The molecule has 0 saturated carbocycles. The standard InChI is InChI=1S/C15H12ClFN4/c1-21-15(18)13(12-10(16)5-2-6-11(12)17)14(20-21)9-4-3-7-19-8-9/h2-8H,18H2,1H3. The van der Waals surface area contributed by atoms with Crippen LogP contribution in [0.5, 0.6) is 0 Å². The Hall–Kier alpha value is -2.40. The van der Waals surface area contributed by atoms with Crippen LogP contribution in [0.25, 0.3) is 22.4 Å². The molecule has 1 aromatic carbocycles. The second kappa shape index (κ2) is 5.18. The molecule has 2 heterocycles. The molecule has 6 heteroatoms. The Balaban J connectivity index is 2.33. The van der Waals surface area contributed by atoms with Crippen LogP contribution in [0.2, 0.25) is 5.02 Å². The van der Waals surface area contributed by atoms with Gasteiger partial charge in [0.05, 0.1) is 10.6 Å². The molecule has 3 rings (SSSR count). The van der Waals surface area contributed by atoms with E-state index in [1.54, 1.807) is 37.6 Å². The molecule has 0 aliphatic rings. The van der Waals surface area contributed by atoms with Gasteiger partial charge in [0.2, 0.25) is 0 Å². The number of halogens is 2. The van der Waals surface area contributed by atoms with Gasteiger partial charge in [0.15, 0.2) is 0 Å². The minimum Gasteiger partial charge on any atom is -0.383 e. The van der Waals surface area contributed by atoms with E-state index in [1.165, 1.54) is 10.7 Å². The first kappa shape index (κ1) is 13.6. The van der Waals surface area contributed by atoms with Crippen LogP contribution in [-0.2, 0) is 7.05 Å². The van der Waals surface area contributed by atoms with Crippen LogP contribution >= 0.6 is 11.6 Å². The number of rotatable bonds is 2. The zero-order chi connectivity index (χ0) is 15.0. The van der Waals surface area contributed by atoms with Crippen LogP contribution in [-0.4, -0.2) is 14.8 Å². The van der Waals surface area contributed by atoms with Gasteiger partial charge < -0.3 is 5.73 Å². The van der Waals surface area contributed by atoms with Crippen LogP contribution < -0.4 is 5.73 Å². The molecule has 0 aliphatic carbocycles. The van der Waals surface area contributed by atoms with Crippen LogP contribution in [0.15, 0.2) is 42.7 Å². The lowest BCUT2D eigenvalue weighted by molar-refractivity contribution is 0.631. The van der Waals surface area contributed by atoms with Crippen molar-refractivity contribution < 1.29 is 4.39 Å². The Bertz CT molecular complexity index is 779. The monoisotopic (exact) mass is 302 g/mol. The van der Waals surface area contributed by atoms with Crippen molar-refractivity contribution in [3.8, 4) is 22.4 Å². The molecule has 3 aromatic rings. The molecule has 0 bridgehead atoms. The van der Waals surface area contributed by atoms with Crippen molar-refractivity contribution in [2.24, 2.45) is 7.05 Å². The highest BCUT2D eigenvalue weighted by atomic mass is 35.5. The minimum absolute atomic E-state index is 0.253. The predicted molar refractivity (Wildman–Crippen MR) is 81.3 cm³/mol. The van der Waals surface area contributed by atoms with Crippen molar-refractivity contribution in [1.29, 1.82) is 0 Å². The van der Waals surface area contributed by atoms with Gasteiger partial charge in [-0.05, 0) is 24.3 Å². The third-order valence-corrected chi connectivity index (χ3v) is 3.55. The third kappa shape index (κ3) is 2.25. The zero-order valence-corrected chi connectivity index (χ0v) is 12.0. The molecular formula is C15H12ClFN4. The fourth-order valence-corrected chi connectivity index (χ4v) is 2.48. The fourth-order valence-electron chi connectivity index (χ4n) is 2.23. The first-order valence-electron chi connectivity index (χ1n) is 6.27. The van der Waals surface area contributed by atoms with E-state index in [0.29, 0.717) is 22.1 Å². The average Bonchev–Trinajstić information content (AvgIpc) is 2.77. The molecule has 0 saturated heterocycles. The van der Waals surface area contributed by atoms with Crippen LogP contribution in [0.3, 0.4) is 0 Å². The summed E-state index contributed by atoms with van der Waals surface area (Å²) in [6, 6.07) is 8.15. The smallest absolute Gasteiger partial charge is 0.132 e. The number of nitrogens with zero attached hydrogens (tertiary/aromatic N) is 3. The van der Waals surface area contributed by atoms with E-state index in [-0.39, 0.29) is 5.56 Å². The van der Waals surface area contributed by atoms with E-state index in [0.717, 1.165) is 5.56 Å². The quantitative estimate of drug-likeness (QED) is 0.788. The van der Waals surface area contributed by atoms with E-state index >= 15 is 0 Å². The Morgan fingerprint density at radius 1 is 1.19 bits per heavy atom. The minimum atomic E-state index is -0.438. The second-order valence-corrected chi connectivity index (χ2v) is 4.98. The first-order chi connectivity index (χ1) is 10.1. The Kier molecular flexibility index (Phi) is 3.35. The van der Waals surface area contributed by atoms with Gasteiger partial charge in [0.1, 0.15) is 17.3 Å². The van der Waals surface area contributed by atoms with Crippen molar-refractivity contribution in [1.82, 2.24) is 14.8 Å². The average molecular weight is 303 g/mol. The summed E-state index contributed by atoms with van der Waals surface area (Å²) < 4.78 is 15.7. The summed E-state index contributed by atoms with van der Waals surface area (Å²) in [5.74, 6) is -0.0896. The maximum atomic E-state index is 14.2. The maximum absolute atomic E-state index is 14.2. The second-order valence-electron chi connectivity index (χ2n) is 4.57. The van der Waals surface area contributed by atoms with Crippen molar-refractivity contribution in [2.75, 3.05) is 5.73 Å². The third-order valence-electron chi connectivity index (χ3n) is 3.24. The van der Waals surface area contributed by atoms with Crippen LogP contribution in [0.1, 0.15) is 0 Å². The fraction of sp³-hybridized carbons (Fsp3) is 0.0667. The van der Waals surface area contributed by atoms with E-state index in [1.807, 2.05) is 6.07 Å². The lowest BCUT2D eigenvalue weighted by atomic mass is 10.0. The number of nitrogens with two attached hydrogens (primary N) is 1. The molecule has 0 amide bonds. The Labute approximate surface area is 126 Å². The molecule has 0 atom stereocenters. The van der Waals surface area contributed by atoms with Crippen molar-refractivity contribution >= 4 is 17.4 Å². The van der Waals surface area contributed by atoms with Gasteiger partial charge in [-0.3, -0.25) is 9.67 Å². The molecule has 0 fully saturated rings. The molecule has 0 unspecified atom stereocenters. The molecule has 0 radical (unpaired) electrons. The number of aryl methyl sites for hydroxylation is 1. The number of nitrogen functional groups attached to an aromatic ring is 1. The first-order valence-corrected chi connectivity index (χ1v) is 6.64. The maximum Gasteiger partial charge on any atom is 0.132 e. The highest BCUT2D eigenvalue weighted by Crippen LogP contribution is 2.40. The van der Waals surface area contributed by atoms with Gasteiger partial charge in [0, 0.05) is 30.6 Å². The number of benzene rings is 1. The van der Waals surface area contributed by atoms with E-state index < -0.39 is 5.82 Å². The Morgan fingerprint density at radius 3 is 2.67 bits per heavy atom. The van der Waals surface area contributed by atoms with Crippen LogP contribution in [0.4, 0.5) is 10.2 Å². The van der Waals surface area contributed by atoms with Gasteiger partial charge >= 0.3 is 0 Å². The summed E-state index contributed by atoms with van der Waals surface area (Å²) in [4.78, 5) is 4.06. The number of aromatic nitrogens is 3. The van der Waals surface area contributed by atoms with Crippen LogP contribution in [0, 0.1) is 5.82 Å². The number of anilines is 1. The SMILES string of the molecule is Cn1nc(-c2cccnc2)c(-c2c(F)cccc2Cl)c1N. The highest BCUT2D eigenvalue weighted by molar-refractivity contribution is 6.33. The lowest BCUT2D eigenvalue weighted by Gasteiger charge is -2.07. The molecule has 2 N–H and O–H groups in total. The summed E-state index contributed by atoms with van der Waals surface area (Å²) in [7, 11) is 1.70. The van der Waals surface area contributed by atoms with Crippen molar-refractivity contribution in [3.05, 3.63) is 53.6 Å². The van der Waals surface area contributed by atoms with E-state index in [2.05, 4.69) is 10.1 Å². The summed E-state index contributed by atoms with van der Waals surface area (Å²) in [5.41, 5.74) is 8.10. The molecule has 0 aliphatic heterocycles. The molecule has 21 heavy (non-hydrogen) atoms. The van der Waals surface area contributed by atoms with Crippen molar-refractivity contribution in [3.63, 3.8) is 0 Å². The lowest BCUT2D eigenvalue weighted by Crippen LogP contribution is -1.98. The zero-order valence-electron chi connectivity index (χ0n) is 11.2. The van der Waals surface area contributed by atoms with Gasteiger partial charge in [-0.25, -0.2) is 4.39 Å². The normalized spacial score (nSPS) is 10.8.